The zero-order valence-corrected chi connectivity index (χ0v) is 14.1. The molecule has 0 radical (unpaired) electrons. The van der Waals surface area contributed by atoms with Gasteiger partial charge < -0.3 is 10.2 Å². The van der Waals surface area contributed by atoms with Gasteiger partial charge in [-0.15, -0.1) is 0 Å². The summed E-state index contributed by atoms with van der Waals surface area (Å²) in [6.07, 6.45) is 1.50. The smallest absolute Gasteiger partial charge is 0.254 e. The Morgan fingerprint density at radius 2 is 2.13 bits per heavy atom. The van der Waals surface area contributed by atoms with Crippen LogP contribution in [0.3, 0.4) is 0 Å². The molecule has 1 fully saturated rings. The molecular weight excluding hydrogens is 310 g/mol. The Morgan fingerprint density at radius 1 is 1.35 bits per heavy atom. The number of carbonyl (C=O) groups excluding carboxylic acids is 1. The fourth-order valence-corrected chi connectivity index (χ4v) is 3.40. The minimum Gasteiger partial charge on any atom is -0.333 e. The molecule has 7 heteroatoms. The van der Waals surface area contributed by atoms with Gasteiger partial charge in [-0.2, -0.15) is 5.10 Å². The molecule has 2 aromatic rings. The quantitative estimate of drug-likeness (QED) is 0.837. The van der Waals surface area contributed by atoms with Crippen molar-refractivity contribution in [2.75, 3.05) is 13.1 Å². The van der Waals surface area contributed by atoms with E-state index in [4.69, 9.17) is 0 Å². The second-order valence-electron chi connectivity index (χ2n) is 5.76. The average Bonchev–Trinajstić information content (AvgIpc) is 3.09. The third-order valence-electron chi connectivity index (χ3n) is 4.26. The van der Waals surface area contributed by atoms with Crippen molar-refractivity contribution in [2.45, 2.75) is 36.8 Å². The molecule has 1 amide bonds. The highest BCUT2D eigenvalue weighted by molar-refractivity contribution is 7.98. The van der Waals surface area contributed by atoms with Crippen molar-refractivity contribution in [2.24, 2.45) is 0 Å². The highest BCUT2D eigenvalue weighted by atomic mass is 32.2. The van der Waals surface area contributed by atoms with Crippen molar-refractivity contribution in [3.8, 4) is 0 Å². The Kier molecular flexibility index (Phi) is 4.97. The Balaban J connectivity index is 1.63. The van der Waals surface area contributed by atoms with Crippen molar-refractivity contribution < 1.29 is 4.79 Å². The van der Waals surface area contributed by atoms with Gasteiger partial charge in [-0.1, -0.05) is 23.9 Å². The molecule has 1 aliphatic heterocycles. The van der Waals surface area contributed by atoms with Crippen LogP contribution in [-0.4, -0.2) is 51.2 Å². The van der Waals surface area contributed by atoms with Crippen LogP contribution in [0.5, 0.6) is 0 Å². The molecule has 2 heterocycles. The molecule has 6 nitrogen and oxygen atoms in total. The molecule has 1 aromatic carbocycles. The number of hydrogen-bond acceptors (Lipinski definition) is 5. The predicted molar refractivity (Wildman–Crippen MR) is 90.3 cm³/mol. The Bertz CT molecular complexity index is 643. The molecule has 0 bridgehead atoms. The lowest BCUT2D eigenvalue weighted by atomic mass is 10.0. The van der Waals surface area contributed by atoms with Gasteiger partial charge in [-0.25, -0.2) is 4.98 Å². The lowest BCUT2D eigenvalue weighted by Gasteiger charge is -2.38. The van der Waals surface area contributed by atoms with Crippen LogP contribution >= 0.6 is 11.8 Å². The summed E-state index contributed by atoms with van der Waals surface area (Å²) in [5.74, 6) is 0.908. The van der Waals surface area contributed by atoms with Gasteiger partial charge in [-0.3, -0.25) is 9.89 Å². The van der Waals surface area contributed by atoms with E-state index >= 15 is 0 Å². The van der Waals surface area contributed by atoms with Crippen LogP contribution in [0, 0.1) is 0 Å². The van der Waals surface area contributed by atoms with E-state index in [2.05, 4.69) is 34.3 Å². The van der Waals surface area contributed by atoms with E-state index in [0.29, 0.717) is 6.04 Å². The first-order valence-corrected chi connectivity index (χ1v) is 8.75. The monoisotopic (exact) mass is 331 g/mol. The molecule has 2 atom stereocenters. The molecule has 0 saturated carbocycles. The van der Waals surface area contributed by atoms with Gasteiger partial charge >= 0.3 is 0 Å². The van der Waals surface area contributed by atoms with E-state index in [-0.39, 0.29) is 11.9 Å². The van der Waals surface area contributed by atoms with Crippen molar-refractivity contribution in [3.63, 3.8) is 0 Å². The first-order valence-electron chi connectivity index (χ1n) is 7.76. The number of aromatic amines is 1. The van der Waals surface area contributed by atoms with Crippen LogP contribution in [0.15, 0.2) is 35.7 Å². The molecule has 23 heavy (non-hydrogen) atoms. The van der Waals surface area contributed by atoms with E-state index in [1.807, 2.05) is 29.2 Å². The number of nitrogens with zero attached hydrogens (tertiary/aromatic N) is 3. The fourth-order valence-electron chi connectivity index (χ4n) is 2.67. The maximum absolute atomic E-state index is 12.7. The molecule has 2 unspecified atom stereocenters. The first kappa shape index (κ1) is 16.0. The van der Waals surface area contributed by atoms with E-state index < -0.39 is 0 Å². The molecule has 1 saturated heterocycles. The maximum Gasteiger partial charge on any atom is 0.254 e. The van der Waals surface area contributed by atoms with E-state index in [1.54, 1.807) is 11.8 Å². The Morgan fingerprint density at radius 3 is 2.83 bits per heavy atom. The van der Waals surface area contributed by atoms with E-state index in [1.165, 1.54) is 6.33 Å². The van der Waals surface area contributed by atoms with Crippen LogP contribution in [0.1, 0.15) is 29.8 Å². The summed E-state index contributed by atoms with van der Waals surface area (Å²) in [6.45, 7) is 5.82. The van der Waals surface area contributed by atoms with Gasteiger partial charge in [0.2, 0.25) is 0 Å². The number of piperazine rings is 1. The van der Waals surface area contributed by atoms with Crippen LogP contribution < -0.4 is 5.32 Å². The molecule has 0 aliphatic carbocycles. The highest BCUT2D eigenvalue weighted by Gasteiger charge is 2.28. The van der Waals surface area contributed by atoms with Crippen molar-refractivity contribution in [1.82, 2.24) is 25.4 Å². The molecule has 1 aromatic heterocycles. The van der Waals surface area contributed by atoms with E-state index in [0.717, 1.165) is 35.1 Å². The topological polar surface area (TPSA) is 73.9 Å². The Hall–Kier alpha value is -1.86. The van der Waals surface area contributed by atoms with Crippen molar-refractivity contribution in [3.05, 3.63) is 41.7 Å². The Labute approximate surface area is 140 Å². The summed E-state index contributed by atoms with van der Waals surface area (Å²) in [5, 5.41) is 10.8. The zero-order chi connectivity index (χ0) is 16.2. The predicted octanol–water partition coefficient (Wildman–Crippen LogP) is 1.92. The lowest BCUT2D eigenvalue weighted by Crippen LogP contribution is -2.57. The number of rotatable bonds is 4. The lowest BCUT2D eigenvalue weighted by molar-refractivity contribution is 0.0603. The third kappa shape index (κ3) is 3.73. The molecule has 0 spiro atoms. The van der Waals surface area contributed by atoms with Crippen LogP contribution in [0.2, 0.25) is 0 Å². The average molecular weight is 331 g/mol. The summed E-state index contributed by atoms with van der Waals surface area (Å²) in [6, 6.07) is 8.37. The van der Waals surface area contributed by atoms with Crippen molar-refractivity contribution >= 4 is 17.7 Å². The third-order valence-corrected chi connectivity index (χ3v) is 5.21. The molecule has 1 aliphatic rings. The summed E-state index contributed by atoms with van der Waals surface area (Å²) >= 11 is 1.59. The van der Waals surface area contributed by atoms with Crippen molar-refractivity contribution in [1.29, 1.82) is 0 Å². The largest absolute Gasteiger partial charge is 0.333 e. The van der Waals surface area contributed by atoms with Gasteiger partial charge in [0.15, 0.2) is 5.16 Å². The number of H-pyrrole nitrogens is 1. The van der Waals surface area contributed by atoms with Gasteiger partial charge in [0.25, 0.3) is 5.91 Å². The number of aromatic nitrogens is 3. The zero-order valence-electron chi connectivity index (χ0n) is 13.3. The molecular formula is C16H21N5OS. The minimum atomic E-state index is 0.111. The van der Waals surface area contributed by atoms with Gasteiger partial charge in [-0.05, 0) is 31.5 Å². The summed E-state index contributed by atoms with van der Waals surface area (Å²) in [5.41, 5.74) is 1.91. The number of thioether (sulfide) groups is 1. The number of carbonyl (C=O) groups is 1. The molecule has 2 N–H and O–H groups in total. The number of amides is 1. The maximum atomic E-state index is 12.7. The highest BCUT2D eigenvalue weighted by Crippen LogP contribution is 2.20. The summed E-state index contributed by atoms with van der Waals surface area (Å²) < 4.78 is 0. The number of nitrogens with one attached hydrogen (secondary N) is 2. The second kappa shape index (κ2) is 7.14. The second-order valence-corrected chi connectivity index (χ2v) is 6.72. The van der Waals surface area contributed by atoms with E-state index in [9.17, 15) is 4.79 Å². The number of benzene rings is 1. The summed E-state index contributed by atoms with van der Waals surface area (Å²) in [7, 11) is 0. The number of hydrogen-bond donors (Lipinski definition) is 2. The van der Waals surface area contributed by atoms with Crippen LogP contribution in [0.4, 0.5) is 0 Å². The minimum absolute atomic E-state index is 0.111. The summed E-state index contributed by atoms with van der Waals surface area (Å²) in [4.78, 5) is 18.7. The molecule has 122 valence electrons. The van der Waals surface area contributed by atoms with Gasteiger partial charge in [0.1, 0.15) is 6.33 Å². The fraction of sp³-hybridized carbons (Fsp3) is 0.438. The molecule has 3 rings (SSSR count). The first-order chi connectivity index (χ1) is 11.1. The van der Waals surface area contributed by atoms with Crippen LogP contribution in [-0.2, 0) is 5.75 Å². The SMILES string of the molecule is CC1NCCN(C(=O)c2ccc(CSc3ncn[nH]3)cc2)C1C. The van der Waals surface area contributed by atoms with Crippen LogP contribution in [0.25, 0.3) is 0 Å². The van der Waals surface area contributed by atoms with Gasteiger partial charge in [0, 0.05) is 36.5 Å². The normalized spacial score (nSPS) is 21.4. The van der Waals surface area contributed by atoms with Gasteiger partial charge in [0.05, 0.1) is 0 Å². The standard InChI is InChI=1S/C16H21N5OS/c1-11-12(2)21(8-7-17-11)15(22)14-5-3-13(4-6-14)9-23-16-18-10-19-20-16/h3-6,10-12,17H,7-9H2,1-2H3,(H,18,19,20).